The Bertz CT molecular complexity index is 747. The Morgan fingerprint density at radius 2 is 1.59 bits per heavy atom. The molecule has 0 atom stereocenters. The lowest BCUT2D eigenvalue weighted by atomic mass is 9.90. The fourth-order valence-electron chi connectivity index (χ4n) is 3.59. The summed E-state index contributed by atoms with van der Waals surface area (Å²) in [5, 5.41) is 0. The van der Waals surface area contributed by atoms with Gasteiger partial charge in [0.05, 0.1) is 0 Å². The summed E-state index contributed by atoms with van der Waals surface area (Å²) in [6.45, 7) is 2.72. The smallest absolute Gasteiger partial charge is 0.303 e. The second-order valence-electron chi connectivity index (χ2n) is 7.21. The van der Waals surface area contributed by atoms with Crippen LogP contribution < -0.4 is 0 Å². The third-order valence-electron chi connectivity index (χ3n) is 5.27. The fraction of sp³-hybridized carbons (Fsp3) is 0.391. The van der Waals surface area contributed by atoms with Crippen molar-refractivity contribution in [2.24, 2.45) is 5.92 Å². The molecule has 4 nitrogen and oxygen atoms in total. The molecule has 1 saturated heterocycles. The van der Waals surface area contributed by atoms with Crippen molar-refractivity contribution in [1.29, 1.82) is 0 Å². The summed E-state index contributed by atoms with van der Waals surface area (Å²) in [6.07, 6.45) is 4.26. The number of ether oxygens (including phenoxy) is 1. The van der Waals surface area contributed by atoms with Crippen LogP contribution >= 0.6 is 0 Å². The van der Waals surface area contributed by atoms with Gasteiger partial charge in [0.2, 0.25) is 0 Å². The fourth-order valence-corrected chi connectivity index (χ4v) is 3.59. The maximum atomic E-state index is 12.0. The van der Waals surface area contributed by atoms with E-state index in [9.17, 15) is 9.59 Å². The average Bonchev–Trinajstić information content (AvgIpc) is 2.72. The van der Waals surface area contributed by atoms with Crippen LogP contribution in [-0.4, -0.2) is 36.5 Å². The lowest BCUT2D eigenvalue weighted by Gasteiger charge is -2.32. The van der Waals surface area contributed by atoms with Crippen LogP contribution in [0.2, 0.25) is 0 Å². The van der Waals surface area contributed by atoms with Gasteiger partial charge in [-0.2, -0.15) is 0 Å². The molecule has 4 heteroatoms. The summed E-state index contributed by atoms with van der Waals surface area (Å²) in [5.74, 6) is 0.160. The van der Waals surface area contributed by atoms with Crippen LogP contribution in [0.5, 0.6) is 0 Å². The van der Waals surface area contributed by atoms with Gasteiger partial charge in [0.15, 0.2) is 6.61 Å². The highest BCUT2D eigenvalue weighted by atomic mass is 16.5. The number of aryl methyl sites for hydroxylation is 1. The van der Waals surface area contributed by atoms with Crippen LogP contribution in [0.1, 0.15) is 31.7 Å². The van der Waals surface area contributed by atoms with Crippen molar-refractivity contribution in [2.75, 3.05) is 19.7 Å². The number of carbonyl (C=O) groups is 2. The van der Waals surface area contributed by atoms with E-state index in [4.69, 9.17) is 4.74 Å². The Morgan fingerprint density at radius 1 is 0.963 bits per heavy atom. The van der Waals surface area contributed by atoms with E-state index in [1.807, 2.05) is 11.0 Å². The zero-order chi connectivity index (χ0) is 19.1. The average molecular weight is 365 g/mol. The van der Waals surface area contributed by atoms with E-state index in [-0.39, 0.29) is 12.5 Å². The van der Waals surface area contributed by atoms with E-state index < -0.39 is 5.97 Å². The molecule has 0 unspecified atom stereocenters. The third-order valence-corrected chi connectivity index (χ3v) is 5.27. The molecule has 0 spiro atoms. The molecular weight excluding hydrogens is 338 g/mol. The highest BCUT2D eigenvalue weighted by Crippen LogP contribution is 2.24. The summed E-state index contributed by atoms with van der Waals surface area (Å²) >= 11 is 0. The van der Waals surface area contributed by atoms with Crippen molar-refractivity contribution in [1.82, 2.24) is 4.90 Å². The van der Waals surface area contributed by atoms with Gasteiger partial charge in [0, 0.05) is 20.0 Å². The van der Waals surface area contributed by atoms with Crippen LogP contribution in [-0.2, 0) is 20.7 Å². The van der Waals surface area contributed by atoms with Crippen LogP contribution in [0.25, 0.3) is 11.1 Å². The molecule has 1 fully saturated rings. The molecule has 1 heterocycles. The maximum Gasteiger partial charge on any atom is 0.303 e. The number of nitrogens with zero attached hydrogens (tertiary/aromatic N) is 1. The van der Waals surface area contributed by atoms with E-state index in [2.05, 4.69) is 48.5 Å². The van der Waals surface area contributed by atoms with E-state index in [1.54, 1.807) is 0 Å². The number of esters is 1. The number of hydrogen-bond acceptors (Lipinski definition) is 3. The van der Waals surface area contributed by atoms with Gasteiger partial charge in [-0.1, -0.05) is 54.6 Å². The summed E-state index contributed by atoms with van der Waals surface area (Å²) in [5.41, 5.74) is 3.86. The summed E-state index contributed by atoms with van der Waals surface area (Å²) in [4.78, 5) is 24.6. The Hall–Kier alpha value is -2.62. The number of likely N-dealkylation sites (tertiary alicyclic amines) is 1. The first-order valence-electron chi connectivity index (χ1n) is 9.67. The molecule has 1 amide bonds. The van der Waals surface area contributed by atoms with Crippen LogP contribution in [0.4, 0.5) is 0 Å². The van der Waals surface area contributed by atoms with Gasteiger partial charge in [-0.3, -0.25) is 9.59 Å². The van der Waals surface area contributed by atoms with Gasteiger partial charge in [-0.05, 0) is 48.3 Å². The highest BCUT2D eigenvalue weighted by molar-refractivity contribution is 5.80. The normalized spacial score (nSPS) is 14.8. The van der Waals surface area contributed by atoms with Crippen LogP contribution in [0.3, 0.4) is 0 Å². The van der Waals surface area contributed by atoms with Gasteiger partial charge < -0.3 is 9.64 Å². The number of amides is 1. The minimum absolute atomic E-state index is 0.0832. The molecule has 0 radical (unpaired) electrons. The second-order valence-corrected chi connectivity index (χ2v) is 7.21. The third kappa shape index (κ3) is 5.68. The minimum atomic E-state index is -0.406. The first-order valence-corrected chi connectivity index (χ1v) is 9.67. The predicted molar refractivity (Wildman–Crippen MR) is 106 cm³/mol. The number of benzene rings is 2. The molecule has 1 aliphatic rings. The lowest BCUT2D eigenvalue weighted by Crippen LogP contribution is -2.40. The van der Waals surface area contributed by atoms with Crippen molar-refractivity contribution >= 4 is 11.9 Å². The van der Waals surface area contributed by atoms with E-state index in [0.717, 1.165) is 38.8 Å². The molecule has 3 rings (SSSR count). The van der Waals surface area contributed by atoms with E-state index >= 15 is 0 Å². The number of carbonyl (C=O) groups excluding carboxylic acids is 2. The Labute approximate surface area is 161 Å². The van der Waals surface area contributed by atoms with Gasteiger partial charge in [-0.25, -0.2) is 0 Å². The summed E-state index contributed by atoms with van der Waals surface area (Å²) in [7, 11) is 0. The van der Waals surface area contributed by atoms with Gasteiger partial charge in [0.25, 0.3) is 5.91 Å². The molecule has 0 bridgehead atoms. The molecule has 2 aromatic rings. The lowest BCUT2D eigenvalue weighted by molar-refractivity contribution is -0.150. The van der Waals surface area contributed by atoms with Crippen LogP contribution in [0, 0.1) is 5.92 Å². The Morgan fingerprint density at radius 3 is 2.22 bits per heavy atom. The van der Waals surface area contributed by atoms with Crippen LogP contribution in [0.15, 0.2) is 54.6 Å². The number of piperidine rings is 1. The SMILES string of the molecule is CC(=O)OCC(=O)N1CCC(CCc2ccc(-c3ccccc3)cc2)CC1. The van der Waals surface area contributed by atoms with E-state index in [1.165, 1.54) is 23.6 Å². The molecule has 0 aromatic heterocycles. The van der Waals surface area contributed by atoms with Gasteiger partial charge in [-0.15, -0.1) is 0 Å². The molecule has 0 saturated carbocycles. The van der Waals surface area contributed by atoms with Gasteiger partial charge >= 0.3 is 5.97 Å². The minimum Gasteiger partial charge on any atom is -0.456 e. The highest BCUT2D eigenvalue weighted by Gasteiger charge is 2.23. The van der Waals surface area contributed by atoms with Crippen molar-refractivity contribution in [3.8, 4) is 11.1 Å². The topological polar surface area (TPSA) is 46.6 Å². The molecule has 0 N–H and O–H groups in total. The Kier molecular flexibility index (Phi) is 6.64. The molecule has 1 aliphatic heterocycles. The molecule has 2 aromatic carbocycles. The van der Waals surface area contributed by atoms with Crippen molar-refractivity contribution in [3.05, 3.63) is 60.2 Å². The first-order chi connectivity index (χ1) is 13.1. The Balaban J connectivity index is 1.42. The van der Waals surface area contributed by atoms with Crippen molar-refractivity contribution in [2.45, 2.75) is 32.6 Å². The second kappa shape index (κ2) is 9.36. The molecule has 27 heavy (non-hydrogen) atoms. The van der Waals surface area contributed by atoms with E-state index in [0.29, 0.717) is 5.92 Å². The number of rotatable bonds is 6. The molecular formula is C23H27NO3. The molecule has 142 valence electrons. The largest absolute Gasteiger partial charge is 0.456 e. The predicted octanol–water partition coefficient (Wildman–Crippen LogP) is 4.09. The standard InChI is InChI=1S/C23H27NO3/c1-18(25)27-17-23(26)24-15-13-20(14-16-24)8-7-19-9-11-22(12-10-19)21-5-3-2-4-6-21/h2-6,9-12,20H,7-8,13-17H2,1H3. The zero-order valence-electron chi connectivity index (χ0n) is 15.9. The summed E-state index contributed by atoms with van der Waals surface area (Å²) in [6, 6.07) is 19.3. The zero-order valence-corrected chi connectivity index (χ0v) is 15.9. The number of hydrogen-bond donors (Lipinski definition) is 0. The monoisotopic (exact) mass is 365 g/mol. The first kappa shape index (κ1) is 19.2. The van der Waals surface area contributed by atoms with Crippen molar-refractivity contribution in [3.63, 3.8) is 0 Å². The van der Waals surface area contributed by atoms with Crippen molar-refractivity contribution < 1.29 is 14.3 Å². The quantitative estimate of drug-likeness (QED) is 0.725. The molecule has 0 aliphatic carbocycles. The van der Waals surface area contributed by atoms with Gasteiger partial charge in [0.1, 0.15) is 0 Å². The summed E-state index contributed by atoms with van der Waals surface area (Å²) < 4.78 is 4.80. The maximum absolute atomic E-state index is 12.0.